The van der Waals surface area contributed by atoms with Crippen molar-refractivity contribution in [2.75, 3.05) is 17.3 Å². The van der Waals surface area contributed by atoms with E-state index in [1.807, 2.05) is 0 Å². The summed E-state index contributed by atoms with van der Waals surface area (Å²) < 4.78 is 32.4. The Bertz CT molecular complexity index is 355. The van der Waals surface area contributed by atoms with Gasteiger partial charge in [-0.25, -0.2) is 8.42 Å². The van der Waals surface area contributed by atoms with Gasteiger partial charge in [-0.2, -0.15) is 0 Å². The minimum absolute atomic E-state index is 0.0162. The molecule has 0 aliphatic heterocycles. The summed E-state index contributed by atoms with van der Waals surface area (Å²) in [6.07, 6.45) is 0. The fourth-order valence-electron chi connectivity index (χ4n) is 0.700. The van der Waals surface area contributed by atoms with Gasteiger partial charge in [0.2, 0.25) is 0 Å². The number of carboxylic acids is 1. The van der Waals surface area contributed by atoms with Crippen LogP contribution in [0.2, 0.25) is 0 Å². The molecular formula is C8H16O5S2. The maximum atomic E-state index is 11.5. The normalized spacial score (nSPS) is 14.9. The number of sulfone groups is 1. The van der Waals surface area contributed by atoms with Crippen LogP contribution in [0.25, 0.3) is 0 Å². The molecule has 0 radical (unpaired) electrons. The molecule has 0 fully saturated rings. The molecule has 0 aromatic heterocycles. The summed E-state index contributed by atoms with van der Waals surface area (Å²) in [5, 5.41) is 8.76. The standard InChI is InChI=1S/C8H16O5S2/c1-4-15(12,13)6-5-14(11)8(2,3)7(9)10/h4-6H2,1-3H3,(H,9,10). The molecule has 1 N–H and O–H groups in total. The lowest BCUT2D eigenvalue weighted by Gasteiger charge is -2.18. The van der Waals surface area contributed by atoms with E-state index in [0.29, 0.717) is 0 Å². The number of rotatable bonds is 6. The van der Waals surface area contributed by atoms with Crippen molar-refractivity contribution in [3.63, 3.8) is 0 Å². The van der Waals surface area contributed by atoms with Gasteiger partial charge in [-0.15, -0.1) is 0 Å². The van der Waals surface area contributed by atoms with Gasteiger partial charge in [-0.1, -0.05) is 6.92 Å². The van der Waals surface area contributed by atoms with Crippen molar-refractivity contribution >= 4 is 26.6 Å². The van der Waals surface area contributed by atoms with Crippen molar-refractivity contribution in [3.05, 3.63) is 0 Å². The Morgan fingerprint density at radius 3 is 2.20 bits per heavy atom. The highest BCUT2D eigenvalue weighted by atomic mass is 32.2. The summed E-state index contributed by atoms with van der Waals surface area (Å²) in [7, 11) is -4.87. The molecule has 0 bridgehead atoms. The van der Waals surface area contributed by atoms with Crippen molar-refractivity contribution in [2.45, 2.75) is 25.5 Å². The zero-order valence-electron chi connectivity index (χ0n) is 9.02. The highest BCUT2D eigenvalue weighted by molar-refractivity contribution is 7.93. The van der Waals surface area contributed by atoms with E-state index in [1.165, 1.54) is 20.8 Å². The molecule has 0 saturated carbocycles. The molecule has 0 amide bonds. The van der Waals surface area contributed by atoms with Crippen LogP contribution in [0.3, 0.4) is 0 Å². The van der Waals surface area contributed by atoms with Gasteiger partial charge in [0.05, 0.1) is 5.75 Å². The van der Waals surface area contributed by atoms with E-state index in [2.05, 4.69) is 0 Å². The molecule has 0 aliphatic rings. The van der Waals surface area contributed by atoms with Crippen molar-refractivity contribution in [2.24, 2.45) is 0 Å². The Hall–Kier alpha value is -0.430. The number of hydrogen-bond donors (Lipinski definition) is 1. The van der Waals surface area contributed by atoms with E-state index in [0.717, 1.165) is 0 Å². The molecule has 90 valence electrons. The largest absolute Gasteiger partial charge is 0.480 e. The Balaban J connectivity index is 4.47. The quantitative estimate of drug-likeness (QED) is 0.724. The van der Waals surface area contributed by atoms with Gasteiger partial charge in [0.1, 0.15) is 4.75 Å². The molecule has 1 atom stereocenters. The van der Waals surface area contributed by atoms with Gasteiger partial charge in [-0.3, -0.25) is 9.00 Å². The number of hydrogen-bond acceptors (Lipinski definition) is 4. The van der Waals surface area contributed by atoms with Crippen molar-refractivity contribution < 1.29 is 22.5 Å². The summed E-state index contributed by atoms with van der Waals surface area (Å²) in [5.41, 5.74) is 0. The van der Waals surface area contributed by atoms with E-state index >= 15 is 0 Å². The van der Waals surface area contributed by atoms with Gasteiger partial charge in [-0.05, 0) is 13.8 Å². The van der Waals surface area contributed by atoms with E-state index in [9.17, 15) is 17.4 Å². The second-order valence-electron chi connectivity index (χ2n) is 3.60. The van der Waals surface area contributed by atoms with E-state index in [4.69, 9.17) is 5.11 Å². The zero-order valence-corrected chi connectivity index (χ0v) is 10.7. The van der Waals surface area contributed by atoms with Crippen LogP contribution in [0, 0.1) is 0 Å². The number of carbonyl (C=O) groups is 1. The Morgan fingerprint density at radius 2 is 1.87 bits per heavy atom. The van der Waals surface area contributed by atoms with Gasteiger partial charge in [0.15, 0.2) is 9.84 Å². The van der Waals surface area contributed by atoms with Crippen molar-refractivity contribution in [3.8, 4) is 0 Å². The maximum absolute atomic E-state index is 11.5. The van der Waals surface area contributed by atoms with Crippen LogP contribution in [0.5, 0.6) is 0 Å². The lowest BCUT2D eigenvalue weighted by Crippen LogP contribution is -2.39. The fourth-order valence-corrected chi connectivity index (χ4v) is 3.31. The molecule has 7 heteroatoms. The van der Waals surface area contributed by atoms with Crippen LogP contribution in [0.15, 0.2) is 0 Å². The summed E-state index contributed by atoms with van der Waals surface area (Å²) in [6, 6.07) is 0. The highest BCUT2D eigenvalue weighted by Gasteiger charge is 2.34. The molecular weight excluding hydrogens is 240 g/mol. The summed E-state index contributed by atoms with van der Waals surface area (Å²) in [4.78, 5) is 10.7. The summed E-state index contributed by atoms with van der Waals surface area (Å²) in [6.45, 7) is 4.15. The lowest BCUT2D eigenvalue weighted by molar-refractivity contribution is -0.139. The fraction of sp³-hybridized carbons (Fsp3) is 0.875. The van der Waals surface area contributed by atoms with Gasteiger partial charge >= 0.3 is 5.97 Å². The molecule has 5 nitrogen and oxygen atoms in total. The average Bonchev–Trinajstić information content (AvgIpc) is 2.14. The monoisotopic (exact) mass is 256 g/mol. The first-order valence-electron chi connectivity index (χ1n) is 4.45. The molecule has 1 unspecified atom stereocenters. The molecule has 0 spiro atoms. The SMILES string of the molecule is CCS(=O)(=O)CCS(=O)C(C)(C)C(=O)O. The van der Waals surface area contributed by atoms with Crippen LogP contribution in [-0.4, -0.2) is 45.7 Å². The Kier molecular flexibility index (Phi) is 4.92. The van der Waals surface area contributed by atoms with Crippen molar-refractivity contribution in [1.29, 1.82) is 0 Å². The van der Waals surface area contributed by atoms with Gasteiger partial charge < -0.3 is 5.11 Å². The maximum Gasteiger partial charge on any atom is 0.321 e. The molecule has 0 heterocycles. The van der Waals surface area contributed by atoms with E-state index < -0.39 is 31.4 Å². The highest BCUT2D eigenvalue weighted by Crippen LogP contribution is 2.13. The second-order valence-corrected chi connectivity index (χ2v) is 8.19. The molecule has 0 rings (SSSR count). The number of aliphatic carboxylic acids is 1. The molecule has 0 aliphatic carbocycles. The third-order valence-corrected chi connectivity index (χ3v) is 5.96. The first-order chi connectivity index (χ1) is 6.63. The lowest BCUT2D eigenvalue weighted by atomic mass is 10.2. The minimum atomic E-state index is -3.19. The molecule has 0 saturated heterocycles. The summed E-state index contributed by atoms with van der Waals surface area (Å²) in [5.74, 6) is -1.56. The van der Waals surface area contributed by atoms with E-state index in [1.54, 1.807) is 0 Å². The predicted molar refractivity (Wildman–Crippen MR) is 59.1 cm³/mol. The average molecular weight is 256 g/mol. The third kappa shape index (κ3) is 4.29. The summed E-state index contributed by atoms with van der Waals surface area (Å²) >= 11 is 0. The van der Waals surface area contributed by atoms with Crippen molar-refractivity contribution in [1.82, 2.24) is 0 Å². The van der Waals surface area contributed by atoms with Crippen LogP contribution >= 0.6 is 0 Å². The van der Waals surface area contributed by atoms with Gasteiger partial charge in [0, 0.05) is 22.3 Å². The van der Waals surface area contributed by atoms with Gasteiger partial charge in [0.25, 0.3) is 0 Å². The predicted octanol–water partition coefficient (Wildman–Crippen LogP) is 0.0330. The molecule has 0 aromatic rings. The topological polar surface area (TPSA) is 88.5 Å². The van der Waals surface area contributed by atoms with Crippen LogP contribution in [-0.2, 0) is 25.4 Å². The number of carboxylic acid groups (broad SMARTS) is 1. The zero-order chi connectivity index (χ0) is 12.3. The molecule has 0 aromatic carbocycles. The Morgan fingerprint density at radius 1 is 1.40 bits per heavy atom. The first-order valence-corrected chi connectivity index (χ1v) is 7.60. The second kappa shape index (κ2) is 5.07. The van der Waals surface area contributed by atoms with E-state index in [-0.39, 0.29) is 17.3 Å². The van der Waals surface area contributed by atoms with Crippen LogP contribution in [0.1, 0.15) is 20.8 Å². The van der Waals surface area contributed by atoms with Crippen LogP contribution < -0.4 is 0 Å². The third-order valence-electron chi connectivity index (χ3n) is 2.10. The molecule has 15 heavy (non-hydrogen) atoms. The smallest absolute Gasteiger partial charge is 0.321 e. The Labute approximate surface area is 92.2 Å². The minimum Gasteiger partial charge on any atom is -0.480 e. The first kappa shape index (κ1) is 14.6. The van der Waals surface area contributed by atoms with Crippen LogP contribution in [0.4, 0.5) is 0 Å².